The van der Waals surface area contributed by atoms with Crippen LogP contribution >= 0.6 is 27.3 Å². The van der Waals surface area contributed by atoms with Gasteiger partial charge < -0.3 is 0 Å². The van der Waals surface area contributed by atoms with E-state index in [1.54, 1.807) is 11.3 Å². The van der Waals surface area contributed by atoms with Gasteiger partial charge in [0.1, 0.15) is 0 Å². The number of hydrogen-bond acceptors (Lipinski definition) is 5. The molecule has 0 aliphatic carbocycles. The quantitative estimate of drug-likeness (QED) is 0.641. The van der Waals surface area contributed by atoms with Gasteiger partial charge in [0.15, 0.2) is 9.84 Å². The van der Waals surface area contributed by atoms with Crippen LogP contribution in [-0.4, -0.2) is 26.0 Å². The van der Waals surface area contributed by atoms with Crippen molar-refractivity contribution in [3.63, 3.8) is 0 Å². The zero-order valence-corrected chi connectivity index (χ0v) is 12.4. The van der Waals surface area contributed by atoms with E-state index in [0.717, 1.165) is 10.9 Å². The Balaban J connectivity index is 2.05. The maximum atomic E-state index is 11.5. The molecule has 2 heterocycles. The fourth-order valence-electron chi connectivity index (χ4n) is 2.17. The first kappa shape index (κ1) is 13.5. The lowest BCUT2D eigenvalue weighted by molar-refractivity contribution is 0.386. The molecule has 0 bridgehead atoms. The van der Waals surface area contributed by atoms with E-state index in [0.29, 0.717) is 12.2 Å². The van der Waals surface area contributed by atoms with Crippen molar-refractivity contribution in [1.29, 1.82) is 0 Å². The molecule has 17 heavy (non-hydrogen) atoms. The third-order valence-corrected chi connectivity index (χ3v) is 6.89. The van der Waals surface area contributed by atoms with Crippen LogP contribution in [0.25, 0.3) is 0 Å². The lowest BCUT2D eigenvalue weighted by Crippen LogP contribution is -2.42. The van der Waals surface area contributed by atoms with Crippen molar-refractivity contribution in [2.24, 2.45) is 11.8 Å². The summed E-state index contributed by atoms with van der Waals surface area (Å²) in [5, 5.41) is 2.01. The number of rotatable bonds is 4. The second-order valence-corrected chi connectivity index (χ2v) is 8.42. The number of nitrogens with one attached hydrogen (secondary N) is 1. The van der Waals surface area contributed by atoms with Gasteiger partial charge in [-0.2, -0.15) is 0 Å². The van der Waals surface area contributed by atoms with Crippen molar-refractivity contribution in [3.05, 3.63) is 20.8 Å². The number of thiophene rings is 1. The van der Waals surface area contributed by atoms with Crippen LogP contribution in [-0.2, 0) is 16.3 Å². The highest BCUT2D eigenvalue weighted by Crippen LogP contribution is 2.28. The molecule has 7 heteroatoms. The fourth-order valence-corrected chi connectivity index (χ4v) is 5.63. The molecule has 2 rings (SSSR count). The number of hydrazine groups is 1. The fraction of sp³-hybridized carbons (Fsp3) is 0.600. The molecule has 3 N–H and O–H groups in total. The molecule has 96 valence electrons. The summed E-state index contributed by atoms with van der Waals surface area (Å²) in [6, 6.07) is 2.03. The minimum absolute atomic E-state index is 0.0298. The summed E-state index contributed by atoms with van der Waals surface area (Å²) in [6.07, 6.45) is 1.48. The van der Waals surface area contributed by atoms with Gasteiger partial charge in [-0.1, -0.05) is 0 Å². The zero-order valence-electron chi connectivity index (χ0n) is 9.23. The summed E-state index contributed by atoms with van der Waals surface area (Å²) in [4.78, 5) is 1.21. The Hall–Kier alpha value is 0.0500. The van der Waals surface area contributed by atoms with Crippen LogP contribution < -0.4 is 11.3 Å². The Kier molecular flexibility index (Phi) is 4.25. The monoisotopic (exact) mass is 338 g/mol. The van der Waals surface area contributed by atoms with Crippen LogP contribution in [0, 0.1) is 5.92 Å². The van der Waals surface area contributed by atoms with Crippen molar-refractivity contribution < 1.29 is 8.42 Å². The molecule has 4 nitrogen and oxygen atoms in total. The van der Waals surface area contributed by atoms with Crippen molar-refractivity contribution in [2.45, 2.75) is 18.9 Å². The molecule has 0 saturated carbocycles. The molecule has 2 unspecified atom stereocenters. The normalized spacial score (nSPS) is 24.9. The summed E-state index contributed by atoms with van der Waals surface area (Å²) < 4.78 is 24.0. The topological polar surface area (TPSA) is 72.2 Å². The van der Waals surface area contributed by atoms with Gasteiger partial charge in [0, 0.05) is 15.4 Å². The van der Waals surface area contributed by atoms with Gasteiger partial charge in [0.2, 0.25) is 0 Å². The van der Waals surface area contributed by atoms with Gasteiger partial charge in [-0.05, 0) is 46.1 Å². The number of sulfone groups is 1. The van der Waals surface area contributed by atoms with E-state index < -0.39 is 9.84 Å². The first-order valence-electron chi connectivity index (χ1n) is 5.40. The third kappa shape index (κ3) is 3.29. The number of nitrogens with two attached hydrogens (primary N) is 1. The third-order valence-electron chi connectivity index (χ3n) is 3.15. The van der Waals surface area contributed by atoms with E-state index in [4.69, 9.17) is 5.84 Å². The van der Waals surface area contributed by atoms with E-state index in [1.165, 1.54) is 4.88 Å². The van der Waals surface area contributed by atoms with Crippen molar-refractivity contribution >= 4 is 37.1 Å². The smallest absolute Gasteiger partial charge is 0.150 e. The first-order chi connectivity index (χ1) is 8.02. The van der Waals surface area contributed by atoms with E-state index in [9.17, 15) is 8.42 Å². The molecule has 1 saturated heterocycles. The van der Waals surface area contributed by atoms with E-state index >= 15 is 0 Å². The van der Waals surface area contributed by atoms with Gasteiger partial charge in [-0.3, -0.25) is 11.3 Å². The molecule has 1 aliphatic heterocycles. The summed E-state index contributed by atoms with van der Waals surface area (Å²) in [7, 11) is -2.84. The average Bonchev–Trinajstić information content (AvgIpc) is 2.82. The lowest BCUT2D eigenvalue weighted by Gasteiger charge is -2.21. The van der Waals surface area contributed by atoms with Crippen LogP contribution in [0.1, 0.15) is 11.3 Å². The predicted molar refractivity (Wildman–Crippen MR) is 73.6 cm³/mol. The van der Waals surface area contributed by atoms with Crippen molar-refractivity contribution in [3.8, 4) is 0 Å². The molecule has 0 radical (unpaired) electrons. The second kappa shape index (κ2) is 5.36. The van der Waals surface area contributed by atoms with Gasteiger partial charge in [-0.25, -0.2) is 8.42 Å². The first-order valence-corrected chi connectivity index (χ1v) is 8.89. The molecule has 0 spiro atoms. The highest BCUT2D eigenvalue weighted by atomic mass is 79.9. The molecule has 1 aliphatic rings. The van der Waals surface area contributed by atoms with Crippen LogP contribution in [0.5, 0.6) is 0 Å². The highest BCUT2D eigenvalue weighted by molar-refractivity contribution is 9.10. The number of halogens is 1. The SMILES string of the molecule is NNC(Cc1sccc1Br)C1CCS(=O)(=O)C1. The van der Waals surface area contributed by atoms with Gasteiger partial charge in [-0.15, -0.1) is 11.3 Å². The Morgan fingerprint density at radius 2 is 2.41 bits per heavy atom. The minimum Gasteiger partial charge on any atom is -0.271 e. The molecular weight excluding hydrogens is 324 g/mol. The molecule has 0 aromatic carbocycles. The zero-order chi connectivity index (χ0) is 12.5. The summed E-state index contributed by atoms with van der Waals surface area (Å²) in [5.41, 5.74) is 2.77. The molecular formula is C10H15BrN2O2S2. The molecule has 1 aromatic rings. The lowest BCUT2D eigenvalue weighted by atomic mass is 9.96. The summed E-state index contributed by atoms with van der Waals surface area (Å²) in [6.45, 7) is 0. The van der Waals surface area contributed by atoms with E-state index in [1.807, 2.05) is 11.4 Å². The van der Waals surface area contributed by atoms with Crippen LogP contribution in [0.3, 0.4) is 0 Å². The Labute approximate surface area is 114 Å². The average molecular weight is 339 g/mol. The van der Waals surface area contributed by atoms with Crippen molar-refractivity contribution in [2.75, 3.05) is 11.5 Å². The maximum Gasteiger partial charge on any atom is 0.150 e. The van der Waals surface area contributed by atoms with Gasteiger partial charge in [0.25, 0.3) is 0 Å². The molecule has 1 aromatic heterocycles. The largest absolute Gasteiger partial charge is 0.271 e. The second-order valence-electron chi connectivity index (χ2n) is 4.33. The summed E-state index contributed by atoms with van der Waals surface area (Å²) in [5.74, 6) is 6.22. The Bertz CT molecular complexity index is 486. The van der Waals surface area contributed by atoms with E-state index in [-0.39, 0.29) is 17.7 Å². The molecule has 2 atom stereocenters. The van der Waals surface area contributed by atoms with Crippen LogP contribution in [0.4, 0.5) is 0 Å². The standard InChI is InChI=1S/C10H15BrN2O2S2/c11-8-1-3-16-10(8)5-9(13-12)7-2-4-17(14,15)6-7/h1,3,7,9,13H,2,4-6,12H2. The van der Waals surface area contributed by atoms with E-state index in [2.05, 4.69) is 21.4 Å². The van der Waals surface area contributed by atoms with Crippen molar-refractivity contribution in [1.82, 2.24) is 5.43 Å². The summed E-state index contributed by atoms with van der Waals surface area (Å²) >= 11 is 5.14. The minimum atomic E-state index is -2.84. The Morgan fingerprint density at radius 3 is 2.88 bits per heavy atom. The van der Waals surface area contributed by atoms with Crippen LogP contribution in [0.15, 0.2) is 15.9 Å². The maximum absolute atomic E-state index is 11.5. The Morgan fingerprint density at radius 1 is 1.65 bits per heavy atom. The predicted octanol–water partition coefficient (Wildman–Crippen LogP) is 1.32. The molecule has 0 amide bonds. The van der Waals surface area contributed by atoms with Gasteiger partial charge in [0.05, 0.1) is 11.5 Å². The van der Waals surface area contributed by atoms with Gasteiger partial charge >= 0.3 is 0 Å². The van der Waals surface area contributed by atoms with Crippen LogP contribution in [0.2, 0.25) is 0 Å². The highest BCUT2D eigenvalue weighted by Gasteiger charge is 2.33. The molecule has 1 fully saturated rings. The number of hydrogen-bond donors (Lipinski definition) is 2.